The first kappa shape index (κ1) is 16.2. The van der Waals surface area contributed by atoms with Gasteiger partial charge in [-0.15, -0.1) is 0 Å². The van der Waals surface area contributed by atoms with Gasteiger partial charge in [-0.2, -0.15) is 10.2 Å². The van der Waals surface area contributed by atoms with Gasteiger partial charge in [-0.05, 0) is 43.9 Å². The molecule has 0 saturated heterocycles. The summed E-state index contributed by atoms with van der Waals surface area (Å²) in [7, 11) is 5.92. The van der Waals surface area contributed by atoms with Gasteiger partial charge in [0, 0.05) is 24.8 Å². The van der Waals surface area contributed by atoms with Crippen LogP contribution in [0.5, 0.6) is 0 Å². The number of aliphatic hydroxyl groups excluding tert-OH is 1. The van der Waals surface area contributed by atoms with Gasteiger partial charge in [0.05, 0.1) is 28.6 Å². The summed E-state index contributed by atoms with van der Waals surface area (Å²) >= 11 is 3.49. The van der Waals surface area contributed by atoms with Crippen molar-refractivity contribution in [2.45, 2.75) is 26.5 Å². The highest BCUT2D eigenvalue weighted by Gasteiger charge is 2.25. The van der Waals surface area contributed by atoms with E-state index < -0.39 is 6.10 Å². The molecule has 1 N–H and O–H groups in total. The van der Waals surface area contributed by atoms with Crippen LogP contribution in [0.1, 0.15) is 28.7 Å². The lowest BCUT2D eigenvalue weighted by molar-refractivity contribution is 0.203. The van der Waals surface area contributed by atoms with Crippen LogP contribution in [0.15, 0.2) is 10.7 Å². The molecule has 116 valence electrons. The zero-order valence-corrected chi connectivity index (χ0v) is 14.7. The number of aryl methyl sites for hydroxylation is 2. The van der Waals surface area contributed by atoms with Gasteiger partial charge < -0.3 is 10.0 Å². The molecule has 2 rings (SSSR count). The predicted octanol–water partition coefficient (Wildman–Crippen LogP) is 1.64. The monoisotopic (exact) mass is 355 g/mol. The van der Waals surface area contributed by atoms with Crippen molar-refractivity contribution in [3.63, 3.8) is 0 Å². The number of aliphatic hydroxyl groups is 1. The minimum atomic E-state index is -0.738. The largest absolute Gasteiger partial charge is 0.382 e. The smallest absolute Gasteiger partial charge is 0.125 e. The number of hydrogen-bond donors (Lipinski definition) is 1. The molecule has 21 heavy (non-hydrogen) atoms. The molecule has 0 radical (unpaired) electrons. The second kappa shape index (κ2) is 6.29. The van der Waals surface area contributed by atoms with Crippen LogP contribution in [-0.4, -0.2) is 50.2 Å². The third-order valence-electron chi connectivity index (χ3n) is 3.69. The van der Waals surface area contributed by atoms with Crippen molar-refractivity contribution in [2.24, 2.45) is 7.05 Å². The van der Waals surface area contributed by atoms with Gasteiger partial charge in [-0.1, -0.05) is 0 Å². The van der Waals surface area contributed by atoms with E-state index in [0.717, 1.165) is 40.2 Å². The zero-order valence-electron chi connectivity index (χ0n) is 13.1. The topological polar surface area (TPSA) is 59.1 Å². The summed E-state index contributed by atoms with van der Waals surface area (Å²) in [6.45, 7) is 5.47. The molecule has 0 bridgehead atoms. The van der Waals surface area contributed by atoms with Gasteiger partial charge in [0.1, 0.15) is 6.10 Å². The Labute approximate surface area is 133 Å². The average molecular weight is 356 g/mol. The Morgan fingerprint density at radius 1 is 1.38 bits per heavy atom. The Kier molecular flexibility index (Phi) is 4.85. The third-order valence-corrected chi connectivity index (χ3v) is 4.30. The number of likely N-dealkylation sites (N-methyl/N-ethyl adjacent to an activating group) is 1. The van der Waals surface area contributed by atoms with Crippen molar-refractivity contribution >= 4 is 15.9 Å². The van der Waals surface area contributed by atoms with E-state index in [1.165, 1.54) is 0 Å². The lowest BCUT2D eigenvalue weighted by Gasteiger charge is -2.16. The maximum atomic E-state index is 10.8. The van der Waals surface area contributed by atoms with E-state index in [1.54, 1.807) is 10.9 Å². The molecule has 0 aliphatic rings. The van der Waals surface area contributed by atoms with E-state index in [4.69, 9.17) is 0 Å². The minimum absolute atomic E-state index is 0.726. The van der Waals surface area contributed by atoms with Gasteiger partial charge in [-0.25, -0.2) is 0 Å². The second-order valence-electron chi connectivity index (χ2n) is 5.51. The van der Waals surface area contributed by atoms with Gasteiger partial charge in [0.25, 0.3) is 0 Å². The van der Waals surface area contributed by atoms with E-state index in [1.807, 2.05) is 39.7 Å². The fourth-order valence-electron chi connectivity index (χ4n) is 2.44. The third kappa shape index (κ3) is 3.20. The Morgan fingerprint density at radius 2 is 2.05 bits per heavy atom. The fourth-order valence-corrected chi connectivity index (χ4v) is 2.95. The Bertz CT molecular complexity index is 632. The molecule has 2 aromatic heterocycles. The van der Waals surface area contributed by atoms with Crippen molar-refractivity contribution in [1.29, 1.82) is 0 Å². The summed E-state index contributed by atoms with van der Waals surface area (Å²) in [5.41, 5.74) is 3.43. The first-order valence-corrected chi connectivity index (χ1v) is 7.66. The van der Waals surface area contributed by atoms with E-state index in [2.05, 4.69) is 31.0 Å². The van der Waals surface area contributed by atoms with Crippen molar-refractivity contribution < 1.29 is 5.11 Å². The van der Waals surface area contributed by atoms with Gasteiger partial charge in [0.2, 0.25) is 0 Å². The maximum absolute atomic E-state index is 10.8. The number of hydrogen-bond acceptors (Lipinski definition) is 4. The fraction of sp³-hybridized carbons (Fsp3) is 0.571. The highest BCUT2D eigenvalue weighted by Crippen LogP contribution is 2.31. The van der Waals surface area contributed by atoms with Crippen LogP contribution in [-0.2, 0) is 13.6 Å². The molecule has 0 spiro atoms. The van der Waals surface area contributed by atoms with Gasteiger partial charge in [0.15, 0.2) is 0 Å². The highest BCUT2D eigenvalue weighted by atomic mass is 79.9. The van der Waals surface area contributed by atoms with Crippen LogP contribution in [0.25, 0.3) is 0 Å². The molecule has 0 aliphatic carbocycles. The van der Waals surface area contributed by atoms with E-state index >= 15 is 0 Å². The van der Waals surface area contributed by atoms with E-state index in [9.17, 15) is 5.11 Å². The molecule has 0 aliphatic heterocycles. The van der Waals surface area contributed by atoms with Crippen molar-refractivity contribution in [3.8, 4) is 0 Å². The lowest BCUT2D eigenvalue weighted by Crippen LogP contribution is -2.21. The molecule has 0 fully saturated rings. The van der Waals surface area contributed by atoms with Crippen LogP contribution in [0.3, 0.4) is 0 Å². The summed E-state index contributed by atoms with van der Waals surface area (Å²) in [6.07, 6.45) is 0.993. The van der Waals surface area contributed by atoms with Crippen LogP contribution in [0.2, 0.25) is 0 Å². The number of rotatable bonds is 5. The molecule has 0 saturated carbocycles. The average Bonchev–Trinajstić information content (AvgIpc) is 2.88. The highest BCUT2D eigenvalue weighted by molar-refractivity contribution is 9.10. The predicted molar refractivity (Wildman–Crippen MR) is 85.2 cm³/mol. The number of aromatic nitrogens is 4. The molecule has 0 aromatic carbocycles. The molecular formula is C14H22BrN5O. The summed E-state index contributed by atoms with van der Waals surface area (Å²) < 4.78 is 4.46. The van der Waals surface area contributed by atoms with Crippen molar-refractivity contribution in [1.82, 2.24) is 24.5 Å². The molecular weight excluding hydrogens is 334 g/mol. The van der Waals surface area contributed by atoms with Crippen molar-refractivity contribution in [2.75, 3.05) is 20.6 Å². The normalized spacial score (nSPS) is 13.1. The van der Waals surface area contributed by atoms with Crippen LogP contribution in [0, 0.1) is 13.8 Å². The number of halogens is 1. The molecule has 2 heterocycles. The summed E-state index contributed by atoms with van der Waals surface area (Å²) in [5.74, 6) is 0. The Hall–Kier alpha value is -1.18. The second-order valence-corrected chi connectivity index (χ2v) is 6.37. The molecule has 6 nitrogen and oxygen atoms in total. The van der Waals surface area contributed by atoms with E-state index in [-0.39, 0.29) is 0 Å². The van der Waals surface area contributed by atoms with Crippen molar-refractivity contribution in [3.05, 3.63) is 33.3 Å². The quantitative estimate of drug-likeness (QED) is 0.885. The standard InChI is InChI=1S/C14H22BrN5O/c1-9-12(10(2)19(5)17-9)14(21)13-11(15)8-16-20(13)7-6-18(3)4/h8,14,21H,6-7H2,1-5H3. The van der Waals surface area contributed by atoms with Crippen LogP contribution >= 0.6 is 15.9 Å². The maximum Gasteiger partial charge on any atom is 0.125 e. The lowest BCUT2D eigenvalue weighted by atomic mass is 10.0. The summed E-state index contributed by atoms with van der Waals surface area (Å²) in [6, 6.07) is 0. The molecule has 7 heteroatoms. The zero-order chi connectivity index (χ0) is 15.7. The first-order valence-electron chi connectivity index (χ1n) is 6.87. The SMILES string of the molecule is Cc1nn(C)c(C)c1C(O)c1c(Br)cnn1CCN(C)C. The van der Waals surface area contributed by atoms with Crippen LogP contribution < -0.4 is 0 Å². The first-order chi connectivity index (χ1) is 9.82. The molecule has 1 atom stereocenters. The Balaban J connectivity index is 2.39. The molecule has 2 aromatic rings. The molecule has 0 amide bonds. The summed E-state index contributed by atoms with van der Waals surface area (Å²) in [4.78, 5) is 2.09. The van der Waals surface area contributed by atoms with Crippen LogP contribution in [0.4, 0.5) is 0 Å². The Morgan fingerprint density at radius 3 is 2.57 bits per heavy atom. The minimum Gasteiger partial charge on any atom is -0.382 e. The molecule has 1 unspecified atom stereocenters. The number of nitrogens with zero attached hydrogens (tertiary/aromatic N) is 5. The summed E-state index contributed by atoms with van der Waals surface area (Å²) in [5, 5.41) is 19.6. The van der Waals surface area contributed by atoms with Gasteiger partial charge >= 0.3 is 0 Å². The van der Waals surface area contributed by atoms with Gasteiger partial charge in [-0.3, -0.25) is 9.36 Å². The van der Waals surface area contributed by atoms with E-state index in [0.29, 0.717) is 0 Å².